The van der Waals surface area contributed by atoms with Crippen molar-refractivity contribution in [1.82, 2.24) is 19.5 Å². The molecule has 22 heteroatoms. The van der Waals surface area contributed by atoms with Gasteiger partial charge in [-0.25, -0.2) is 18.7 Å². The van der Waals surface area contributed by atoms with Crippen LogP contribution in [-0.4, -0.2) is 57.3 Å². The van der Waals surface area contributed by atoms with E-state index in [2.05, 4.69) is 30.2 Å². The van der Waals surface area contributed by atoms with Crippen LogP contribution in [0.2, 0.25) is 0 Å². The van der Waals surface area contributed by atoms with Gasteiger partial charge in [-0.05, 0) is 0 Å². The molecule has 6 atom stereocenters. The fraction of sp³-hybridized carbons (Fsp3) is 0.429. The van der Waals surface area contributed by atoms with Crippen molar-refractivity contribution in [3.63, 3.8) is 0 Å². The van der Waals surface area contributed by atoms with Gasteiger partial charge in [-0.1, -0.05) is 6.58 Å². The molecule has 1 saturated carbocycles. The number of phosphoric acid groups is 3. The molecule has 4 rings (SSSR count). The molecule has 6 unspecified atom stereocenters. The molecule has 1 aliphatic carbocycles. The number of nitrogens with two attached hydrogens (primary N) is 2. The smallest absolute Gasteiger partial charge is 0.431 e. The predicted molar refractivity (Wildman–Crippen MR) is 115 cm³/mol. The second kappa shape index (κ2) is 8.65. The number of hydrogen-bond acceptors (Lipinski definition) is 14. The summed E-state index contributed by atoms with van der Waals surface area (Å²) in [6.45, 7) is 4.74. The number of aromatic nitrogens is 4. The number of nitrogen functional groups attached to an aromatic ring is 2. The molecule has 36 heavy (non-hydrogen) atoms. The minimum atomic E-state index is -5.75. The van der Waals surface area contributed by atoms with Crippen LogP contribution >= 0.6 is 23.5 Å². The zero-order valence-electron chi connectivity index (χ0n) is 18.0. The highest BCUT2D eigenvalue weighted by Crippen LogP contribution is 2.73. The van der Waals surface area contributed by atoms with Gasteiger partial charge in [-0.3, -0.25) is 13.9 Å². The second-order valence-corrected chi connectivity index (χ2v) is 12.1. The first-order chi connectivity index (χ1) is 16.4. The molecule has 1 aliphatic heterocycles. The molecule has 0 amide bonds. The summed E-state index contributed by atoms with van der Waals surface area (Å²) in [4.78, 5) is 60.1. The summed E-state index contributed by atoms with van der Waals surface area (Å²) in [5, 5.41) is 0. The lowest BCUT2D eigenvalue weighted by Gasteiger charge is -2.23. The van der Waals surface area contributed by atoms with Crippen LogP contribution in [0.5, 0.6) is 0 Å². The van der Waals surface area contributed by atoms with Crippen LogP contribution < -0.4 is 11.5 Å². The summed E-state index contributed by atoms with van der Waals surface area (Å²) < 4.78 is 59.5. The first kappa shape index (κ1) is 26.8. The molecule has 2 aromatic rings. The maximum atomic E-state index is 12.3. The Morgan fingerprint density at radius 2 is 1.86 bits per heavy atom. The molecule has 8 N–H and O–H groups in total. The quantitative estimate of drug-likeness (QED) is 0.131. The van der Waals surface area contributed by atoms with Gasteiger partial charge in [0.25, 0.3) is 0 Å². The molecular weight excluding hydrogens is 553 g/mol. The topological polar surface area (TPSA) is 291 Å². The van der Waals surface area contributed by atoms with Crippen molar-refractivity contribution in [2.45, 2.75) is 31.8 Å². The second-order valence-electron chi connectivity index (χ2n) is 7.68. The number of phosphoric ester groups is 1. The average molecular weight is 572 g/mol. The SMILES string of the molecule is C=C(OC(C)=O)C12CC(n3cnc4c(N)nc(N)nc43)OC1C2OP(=O)(O)OP(=O)(O)OP(=O)(O)O. The van der Waals surface area contributed by atoms with Crippen molar-refractivity contribution < 1.29 is 60.7 Å². The number of carbonyl (C=O) groups is 1. The van der Waals surface area contributed by atoms with E-state index in [1.807, 2.05) is 0 Å². The highest BCUT2D eigenvalue weighted by molar-refractivity contribution is 7.66. The Bertz CT molecular complexity index is 1410. The normalized spacial score (nSPS) is 28.8. The first-order valence-corrected chi connectivity index (χ1v) is 14.1. The molecule has 0 radical (unpaired) electrons. The Labute approximate surface area is 200 Å². The van der Waals surface area contributed by atoms with E-state index in [-0.39, 0.29) is 35.1 Å². The number of fused-ring (bicyclic) bond motifs is 2. The van der Waals surface area contributed by atoms with Crippen molar-refractivity contribution >= 4 is 52.4 Å². The summed E-state index contributed by atoms with van der Waals surface area (Å²) in [7, 11) is -16.8. The zero-order valence-corrected chi connectivity index (χ0v) is 20.7. The van der Waals surface area contributed by atoms with Crippen molar-refractivity contribution in [3.05, 3.63) is 18.7 Å². The van der Waals surface area contributed by atoms with E-state index < -0.39 is 53.3 Å². The van der Waals surface area contributed by atoms with E-state index in [1.54, 1.807) is 0 Å². The lowest BCUT2D eigenvalue weighted by atomic mass is 9.99. The van der Waals surface area contributed by atoms with Gasteiger partial charge in [0.1, 0.15) is 29.7 Å². The van der Waals surface area contributed by atoms with Gasteiger partial charge in [-0.2, -0.15) is 18.6 Å². The van der Waals surface area contributed by atoms with Gasteiger partial charge >= 0.3 is 29.4 Å². The van der Waals surface area contributed by atoms with Gasteiger partial charge in [-0.15, -0.1) is 0 Å². The molecule has 0 spiro atoms. The Kier molecular flexibility index (Phi) is 6.43. The number of hydrogen-bond donors (Lipinski definition) is 6. The predicted octanol–water partition coefficient (Wildman–Crippen LogP) is 0.0669. The number of esters is 1. The van der Waals surface area contributed by atoms with Gasteiger partial charge < -0.3 is 40.5 Å². The van der Waals surface area contributed by atoms with Crippen LogP contribution in [0.25, 0.3) is 11.2 Å². The summed E-state index contributed by atoms with van der Waals surface area (Å²) in [5.41, 5.74) is 10.4. The number of carbonyl (C=O) groups excluding carboxylic acids is 1. The largest absolute Gasteiger partial charge is 0.490 e. The summed E-state index contributed by atoms with van der Waals surface area (Å²) in [6, 6.07) is 0. The third-order valence-corrected chi connectivity index (χ3v) is 9.04. The molecule has 19 nitrogen and oxygen atoms in total. The van der Waals surface area contributed by atoms with E-state index in [0.717, 1.165) is 6.92 Å². The van der Waals surface area contributed by atoms with Crippen molar-refractivity contribution in [2.24, 2.45) is 5.41 Å². The lowest BCUT2D eigenvalue weighted by Crippen LogP contribution is -2.20. The number of nitrogens with zero attached hydrogens (tertiary/aromatic N) is 4. The third kappa shape index (κ3) is 5.09. The lowest BCUT2D eigenvalue weighted by molar-refractivity contribution is -0.138. The summed E-state index contributed by atoms with van der Waals surface area (Å²) >= 11 is 0. The van der Waals surface area contributed by atoms with Crippen LogP contribution in [0.3, 0.4) is 0 Å². The van der Waals surface area contributed by atoms with E-state index in [4.69, 9.17) is 35.3 Å². The molecule has 1 saturated heterocycles. The number of anilines is 2. The van der Waals surface area contributed by atoms with Gasteiger partial charge in [0, 0.05) is 13.3 Å². The molecule has 3 heterocycles. The average Bonchev–Trinajstić information content (AvgIpc) is 3.01. The van der Waals surface area contributed by atoms with Crippen LogP contribution in [0.4, 0.5) is 11.8 Å². The van der Waals surface area contributed by atoms with E-state index in [1.165, 1.54) is 10.9 Å². The molecule has 0 bridgehead atoms. The maximum Gasteiger partial charge on any atom is 0.490 e. The standard InChI is InChI=1S/C14H19N6O13P3/c1-5(29-6(2)21)14-3-7(20-4-17-8-11(15)18-13(16)19-12(8)20)30-9(14)10(14)31-35(25,26)33-36(27,28)32-34(22,23)24/h4,7,9-10H,1,3H2,2H3,(H,25,26)(H,27,28)(H2,22,23,24)(H4,15,16,18,19). The van der Waals surface area contributed by atoms with Gasteiger partial charge in [0.05, 0.1) is 11.7 Å². The third-order valence-electron chi connectivity index (χ3n) is 5.22. The maximum absolute atomic E-state index is 12.3. The van der Waals surface area contributed by atoms with E-state index in [0.29, 0.717) is 0 Å². The van der Waals surface area contributed by atoms with Crippen molar-refractivity contribution in [1.29, 1.82) is 0 Å². The van der Waals surface area contributed by atoms with Crippen LogP contribution in [-0.2, 0) is 41.1 Å². The Morgan fingerprint density at radius 3 is 2.47 bits per heavy atom. The van der Waals surface area contributed by atoms with Crippen LogP contribution in [0.15, 0.2) is 18.7 Å². The minimum Gasteiger partial charge on any atom is -0.431 e. The molecule has 0 aromatic carbocycles. The molecular formula is C14H19N6O13P3. The molecule has 2 aliphatic rings. The Morgan fingerprint density at radius 1 is 1.19 bits per heavy atom. The monoisotopic (exact) mass is 572 g/mol. The molecule has 2 fully saturated rings. The summed E-state index contributed by atoms with van der Waals surface area (Å²) in [6.07, 6.45) is -2.16. The first-order valence-electron chi connectivity index (χ1n) is 9.55. The van der Waals surface area contributed by atoms with E-state index in [9.17, 15) is 28.3 Å². The fourth-order valence-corrected chi connectivity index (χ4v) is 7.17. The van der Waals surface area contributed by atoms with Gasteiger partial charge in [0.2, 0.25) is 5.95 Å². The van der Waals surface area contributed by atoms with Crippen molar-refractivity contribution in [2.75, 3.05) is 11.5 Å². The number of rotatable bonds is 9. The van der Waals surface area contributed by atoms with Crippen LogP contribution in [0, 0.1) is 5.41 Å². The van der Waals surface area contributed by atoms with E-state index >= 15 is 0 Å². The molecule has 198 valence electrons. The highest BCUT2D eigenvalue weighted by Gasteiger charge is 2.77. The Hall–Kier alpha value is -2.27. The highest BCUT2D eigenvalue weighted by atomic mass is 31.3. The zero-order chi connectivity index (χ0) is 26.8. The number of ether oxygens (including phenoxy) is 2. The fourth-order valence-electron chi connectivity index (χ4n) is 3.92. The minimum absolute atomic E-state index is 0.00368. The van der Waals surface area contributed by atoms with Crippen LogP contribution in [0.1, 0.15) is 19.6 Å². The molecule has 2 aromatic heterocycles. The van der Waals surface area contributed by atoms with Gasteiger partial charge in [0.15, 0.2) is 11.5 Å². The Balaban J connectivity index is 1.59. The van der Waals surface area contributed by atoms with Crippen molar-refractivity contribution in [3.8, 4) is 0 Å². The summed E-state index contributed by atoms with van der Waals surface area (Å²) in [5.74, 6) is -1.13. The number of imidazole rings is 1.